The van der Waals surface area contributed by atoms with E-state index >= 15 is 0 Å². The number of carboxylic acid groups (broad SMARTS) is 1. The van der Waals surface area contributed by atoms with Crippen molar-refractivity contribution >= 4 is 5.97 Å². The van der Waals surface area contributed by atoms with Crippen LogP contribution in [-0.2, 0) is 4.79 Å². The Morgan fingerprint density at radius 1 is 1.56 bits per heavy atom. The summed E-state index contributed by atoms with van der Waals surface area (Å²) >= 11 is 0. The molecule has 1 aromatic rings. The summed E-state index contributed by atoms with van der Waals surface area (Å²) < 4.78 is 18.7. The van der Waals surface area contributed by atoms with E-state index in [0.717, 1.165) is 0 Å². The lowest BCUT2D eigenvalue weighted by atomic mass is 9.92. The Kier molecular flexibility index (Phi) is 4.28. The maximum atomic E-state index is 13.8. The first-order valence-electron chi connectivity index (χ1n) is 5.14. The zero-order chi connectivity index (χ0) is 12.1. The summed E-state index contributed by atoms with van der Waals surface area (Å²) in [5.41, 5.74) is 0.407. The number of benzene rings is 1. The van der Waals surface area contributed by atoms with Crippen LogP contribution < -0.4 is 4.74 Å². The molecule has 1 aromatic carbocycles. The monoisotopic (exact) mass is 226 g/mol. The van der Waals surface area contributed by atoms with E-state index in [9.17, 15) is 9.18 Å². The summed E-state index contributed by atoms with van der Waals surface area (Å²) in [6.07, 6.45) is 0.511. The summed E-state index contributed by atoms with van der Waals surface area (Å²) in [7, 11) is 1.39. The van der Waals surface area contributed by atoms with Crippen LogP contribution in [0, 0.1) is 5.82 Å². The van der Waals surface area contributed by atoms with Crippen LogP contribution in [0.25, 0.3) is 0 Å². The van der Waals surface area contributed by atoms with Crippen molar-refractivity contribution in [2.75, 3.05) is 7.11 Å². The van der Waals surface area contributed by atoms with Crippen LogP contribution >= 0.6 is 0 Å². The lowest BCUT2D eigenvalue weighted by Crippen LogP contribution is -2.08. The Balaban J connectivity index is 3.04. The number of rotatable bonds is 5. The highest BCUT2D eigenvalue weighted by atomic mass is 19.1. The van der Waals surface area contributed by atoms with E-state index < -0.39 is 11.8 Å². The molecule has 0 radical (unpaired) electrons. The minimum Gasteiger partial charge on any atom is -0.494 e. The number of hydrogen-bond donors (Lipinski definition) is 1. The SMILES string of the molecule is CC[C@@H](CC(=O)O)c1cccc(OC)c1F. The molecule has 0 aliphatic rings. The van der Waals surface area contributed by atoms with Crippen LogP contribution in [0.1, 0.15) is 31.2 Å². The number of carbonyl (C=O) groups is 1. The molecule has 0 aliphatic carbocycles. The quantitative estimate of drug-likeness (QED) is 0.839. The first-order chi connectivity index (χ1) is 7.60. The van der Waals surface area contributed by atoms with E-state index in [4.69, 9.17) is 9.84 Å². The molecule has 1 atom stereocenters. The molecule has 0 saturated heterocycles. The van der Waals surface area contributed by atoms with Crippen LogP contribution in [0.4, 0.5) is 4.39 Å². The van der Waals surface area contributed by atoms with E-state index in [1.165, 1.54) is 13.2 Å². The van der Waals surface area contributed by atoms with Gasteiger partial charge in [0, 0.05) is 0 Å². The number of hydrogen-bond acceptors (Lipinski definition) is 2. The molecule has 3 nitrogen and oxygen atoms in total. The van der Waals surface area contributed by atoms with Crippen molar-refractivity contribution in [3.63, 3.8) is 0 Å². The molecule has 1 rings (SSSR count). The standard InChI is InChI=1S/C12H15FO3/c1-3-8(7-11(14)15)9-5-4-6-10(16-2)12(9)13/h4-6,8H,3,7H2,1-2H3,(H,14,15)/t8-/m0/s1. The summed E-state index contributed by atoms with van der Waals surface area (Å²) in [5.74, 6) is -1.54. The topological polar surface area (TPSA) is 46.5 Å². The molecule has 0 aliphatic heterocycles. The highest BCUT2D eigenvalue weighted by Gasteiger charge is 2.19. The predicted octanol–water partition coefficient (Wildman–Crippen LogP) is 2.80. The van der Waals surface area contributed by atoms with Gasteiger partial charge in [0.05, 0.1) is 13.5 Å². The van der Waals surface area contributed by atoms with Crippen molar-refractivity contribution in [3.05, 3.63) is 29.6 Å². The minimum atomic E-state index is -0.922. The van der Waals surface area contributed by atoms with Crippen LogP contribution in [0.5, 0.6) is 5.75 Å². The third-order valence-corrected chi connectivity index (χ3v) is 2.57. The van der Waals surface area contributed by atoms with Gasteiger partial charge in [-0.2, -0.15) is 0 Å². The highest BCUT2D eigenvalue weighted by molar-refractivity contribution is 5.68. The van der Waals surface area contributed by atoms with E-state index in [0.29, 0.717) is 12.0 Å². The maximum absolute atomic E-state index is 13.8. The Hall–Kier alpha value is -1.58. The fourth-order valence-electron chi connectivity index (χ4n) is 1.69. The van der Waals surface area contributed by atoms with Gasteiger partial charge in [-0.1, -0.05) is 19.1 Å². The van der Waals surface area contributed by atoms with Gasteiger partial charge in [-0.3, -0.25) is 4.79 Å². The first kappa shape index (κ1) is 12.5. The number of halogens is 1. The minimum absolute atomic E-state index is 0.0689. The van der Waals surface area contributed by atoms with Gasteiger partial charge in [0.2, 0.25) is 0 Å². The second-order valence-electron chi connectivity index (χ2n) is 3.57. The second-order valence-corrected chi connectivity index (χ2v) is 3.57. The Morgan fingerprint density at radius 3 is 2.75 bits per heavy atom. The van der Waals surface area contributed by atoms with Gasteiger partial charge in [0.25, 0.3) is 0 Å². The molecule has 0 heterocycles. The molecular formula is C12H15FO3. The summed E-state index contributed by atoms with van der Waals surface area (Å²) in [5, 5.41) is 8.74. The van der Waals surface area contributed by atoms with Crippen molar-refractivity contribution in [2.45, 2.75) is 25.7 Å². The average molecular weight is 226 g/mol. The molecule has 0 bridgehead atoms. The summed E-state index contributed by atoms with van der Waals surface area (Å²) in [4.78, 5) is 10.7. The molecule has 4 heteroatoms. The van der Waals surface area contributed by atoms with Crippen molar-refractivity contribution in [2.24, 2.45) is 0 Å². The Bertz CT molecular complexity index is 377. The van der Waals surface area contributed by atoms with Crippen molar-refractivity contribution in [1.82, 2.24) is 0 Å². The molecule has 1 N–H and O–H groups in total. The highest BCUT2D eigenvalue weighted by Crippen LogP contribution is 2.30. The van der Waals surface area contributed by atoms with Gasteiger partial charge in [-0.15, -0.1) is 0 Å². The van der Waals surface area contributed by atoms with E-state index in [1.807, 2.05) is 6.92 Å². The fraction of sp³-hybridized carbons (Fsp3) is 0.417. The zero-order valence-corrected chi connectivity index (χ0v) is 9.37. The number of methoxy groups -OCH3 is 1. The number of carboxylic acids is 1. The van der Waals surface area contributed by atoms with Crippen molar-refractivity contribution in [1.29, 1.82) is 0 Å². The lowest BCUT2D eigenvalue weighted by Gasteiger charge is -2.15. The first-order valence-corrected chi connectivity index (χ1v) is 5.14. The lowest BCUT2D eigenvalue weighted by molar-refractivity contribution is -0.137. The van der Waals surface area contributed by atoms with Gasteiger partial charge < -0.3 is 9.84 Å². The largest absolute Gasteiger partial charge is 0.494 e. The molecule has 0 unspecified atom stereocenters. The third-order valence-electron chi connectivity index (χ3n) is 2.57. The van der Waals surface area contributed by atoms with E-state index in [1.54, 1.807) is 12.1 Å². The van der Waals surface area contributed by atoms with E-state index in [2.05, 4.69) is 0 Å². The molecule has 0 spiro atoms. The van der Waals surface area contributed by atoms with Gasteiger partial charge in [-0.05, 0) is 24.0 Å². The van der Waals surface area contributed by atoms with Gasteiger partial charge in [0.15, 0.2) is 11.6 Å². The molecule has 0 fully saturated rings. The third kappa shape index (κ3) is 2.72. The zero-order valence-electron chi connectivity index (χ0n) is 9.37. The smallest absolute Gasteiger partial charge is 0.303 e. The molecular weight excluding hydrogens is 211 g/mol. The predicted molar refractivity (Wildman–Crippen MR) is 58.2 cm³/mol. The second kappa shape index (κ2) is 5.49. The molecule has 0 aromatic heterocycles. The summed E-state index contributed by atoms with van der Waals surface area (Å²) in [6.45, 7) is 1.84. The molecule has 0 saturated carbocycles. The number of aliphatic carboxylic acids is 1. The van der Waals surface area contributed by atoms with Gasteiger partial charge >= 0.3 is 5.97 Å². The van der Waals surface area contributed by atoms with E-state index in [-0.39, 0.29) is 18.1 Å². The fourth-order valence-corrected chi connectivity index (χ4v) is 1.69. The van der Waals surface area contributed by atoms with Crippen LogP contribution in [0.2, 0.25) is 0 Å². The van der Waals surface area contributed by atoms with Gasteiger partial charge in [0.1, 0.15) is 0 Å². The van der Waals surface area contributed by atoms with Crippen LogP contribution in [0.3, 0.4) is 0 Å². The Morgan fingerprint density at radius 2 is 2.25 bits per heavy atom. The summed E-state index contributed by atoms with van der Waals surface area (Å²) in [6, 6.07) is 4.79. The van der Waals surface area contributed by atoms with Crippen LogP contribution in [0.15, 0.2) is 18.2 Å². The molecule has 88 valence electrons. The van der Waals surface area contributed by atoms with Crippen LogP contribution in [-0.4, -0.2) is 18.2 Å². The average Bonchev–Trinajstić information content (AvgIpc) is 2.26. The molecule has 0 amide bonds. The normalized spacial score (nSPS) is 12.2. The maximum Gasteiger partial charge on any atom is 0.303 e. The Labute approximate surface area is 93.9 Å². The molecule has 16 heavy (non-hydrogen) atoms. The van der Waals surface area contributed by atoms with Crippen molar-refractivity contribution in [3.8, 4) is 5.75 Å². The number of ether oxygens (including phenoxy) is 1. The van der Waals surface area contributed by atoms with Crippen molar-refractivity contribution < 1.29 is 19.0 Å². The van der Waals surface area contributed by atoms with Gasteiger partial charge in [-0.25, -0.2) is 4.39 Å².